The Hall–Kier alpha value is -2.49. The topological polar surface area (TPSA) is 47.6 Å². The Bertz CT molecular complexity index is 680. The lowest BCUT2D eigenvalue weighted by atomic mass is 10.1. The van der Waals surface area contributed by atoms with Crippen molar-refractivity contribution in [3.8, 4) is 11.5 Å². The van der Waals surface area contributed by atoms with Gasteiger partial charge in [-0.1, -0.05) is 23.8 Å². The van der Waals surface area contributed by atoms with Crippen molar-refractivity contribution >= 4 is 5.91 Å². The van der Waals surface area contributed by atoms with Gasteiger partial charge in [-0.05, 0) is 63.1 Å². The second kappa shape index (κ2) is 8.39. The molecule has 0 aromatic heterocycles. The molecule has 128 valence electrons. The molecule has 0 spiro atoms. The van der Waals surface area contributed by atoms with Crippen molar-refractivity contribution in [1.29, 1.82) is 0 Å². The highest BCUT2D eigenvalue weighted by atomic mass is 16.5. The molecule has 0 fully saturated rings. The van der Waals surface area contributed by atoms with Crippen LogP contribution in [0.2, 0.25) is 0 Å². The van der Waals surface area contributed by atoms with E-state index in [0.717, 1.165) is 11.3 Å². The molecule has 2 aromatic rings. The summed E-state index contributed by atoms with van der Waals surface area (Å²) in [5.74, 6) is 1.35. The average Bonchev–Trinajstić information content (AvgIpc) is 2.55. The molecule has 0 unspecified atom stereocenters. The minimum absolute atomic E-state index is 0.00261. The van der Waals surface area contributed by atoms with Crippen molar-refractivity contribution in [2.24, 2.45) is 0 Å². The SMILES string of the molecule is Cc1ccc(OC[C@H](C)NC(=O)COc2ccc(C)c(C)c2)cc1. The van der Waals surface area contributed by atoms with Gasteiger partial charge >= 0.3 is 0 Å². The zero-order valence-electron chi connectivity index (χ0n) is 14.8. The van der Waals surface area contributed by atoms with Gasteiger partial charge in [-0.25, -0.2) is 0 Å². The van der Waals surface area contributed by atoms with Crippen molar-refractivity contribution in [3.05, 3.63) is 59.2 Å². The fraction of sp³-hybridized carbons (Fsp3) is 0.350. The van der Waals surface area contributed by atoms with Crippen LogP contribution in [0.15, 0.2) is 42.5 Å². The Morgan fingerprint density at radius 2 is 1.62 bits per heavy atom. The lowest BCUT2D eigenvalue weighted by Gasteiger charge is -2.15. The highest BCUT2D eigenvalue weighted by molar-refractivity contribution is 5.77. The molecule has 0 saturated heterocycles. The smallest absolute Gasteiger partial charge is 0.258 e. The molecule has 0 radical (unpaired) electrons. The normalized spacial score (nSPS) is 11.7. The van der Waals surface area contributed by atoms with Gasteiger partial charge in [0.05, 0.1) is 6.04 Å². The van der Waals surface area contributed by atoms with Crippen LogP contribution in [0, 0.1) is 20.8 Å². The van der Waals surface area contributed by atoms with E-state index < -0.39 is 0 Å². The number of carbonyl (C=O) groups excluding carboxylic acids is 1. The summed E-state index contributed by atoms with van der Waals surface area (Å²) in [6.07, 6.45) is 0. The number of amides is 1. The van der Waals surface area contributed by atoms with Crippen LogP contribution in [0.3, 0.4) is 0 Å². The molecule has 2 aromatic carbocycles. The Balaban J connectivity index is 1.72. The van der Waals surface area contributed by atoms with E-state index in [1.54, 1.807) is 0 Å². The van der Waals surface area contributed by atoms with E-state index in [-0.39, 0.29) is 18.6 Å². The molecule has 0 aliphatic carbocycles. The molecule has 1 atom stereocenters. The van der Waals surface area contributed by atoms with Gasteiger partial charge in [0.1, 0.15) is 18.1 Å². The molecular weight excluding hydrogens is 302 g/mol. The number of carbonyl (C=O) groups is 1. The van der Waals surface area contributed by atoms with Crippen molar-refractivity contribution in [3.63, 3.8) is 0 Å². The summed E-state index contributed by atoms with van der Waals surface area (Å²) < 4.78 is 11.2. The molecule has 0 aliphatic heterocycles. The third kappa shape index (κ3) is 5.61. The molecular formula is C20H25NO3. The molecule has 0 saturated carbocycles. The zero-order chi connectivity index (χ0) is 17.5. The van der Waals surface area contributed by atoms with Crippen LogP contribution in [-0.2, 0) is 4.79 Å². The number of rotatable bonds is 7. The van der Waals surface area contributed by atoms with Gasteiger partial charge in [-0.15, -0.1) is 0 Å². The summed E-state index contributed by atoms with van der Waals surface area (Å²) in [7, 11) is 0. The van der Waals surface area contributed by atoms with Crippen LogP contribution in [0.5, 0.6) is 11.5 Å². The first-order chi connectivity index (χ1) is 11.4. The number of hydrogen-bond donors (Lipinski definition) is 1. The van der Waals surface area contributed by atoms with Crippen LogP contribution >= 0.6 is 0 Å². The van der Waals surface area contributed by atoms with E-state index in [2.05, 4.69) is 5.32 Å². The Morgan fingerprint density at radius 1 is 0.958 bits per heavy atom. The van der Waals surface area contributed by atoms with Gasteiger partial charge in [-0.3, -0.25) is 4.79 Å². The third-order valence-corrected chi connectivity index (χ3v) is 3.78. The van der Waals surface area contributed by atoms with Crippen LogP contribution in [0.4, 0.5) is 0 Å². The molecule has 1 N–H and O–H groups in total. The molecule has 1 amide bonds. The first-order valence-electron chi connectivity index (χ1n) is 8.13. The Kier molecular flexibility index (Phi) is 6.24. The monoisotopic (exact) mass is 327 g/mol. The van der Waals surface area contributed by atoms with E-state index in [0.29, 0.717) is 12.4 Å². The van der Waals surface area contributed by atoms with Crippen LogP contribution in [0.25, 0.3) is 0 Å². The van der Waals surface area contributed by atoms with E-state index in [4.69, 9.17) is 9.47 Å². The lowest BCUT2D eigenvalue weighted by molar-refractivity contribution is -0.123. The van der Waals surface area contributed by atoms with Gasteiger partial charge in [0.2, 0.25) is 0 Å². The maximum absolute atomic E-state index is 11.9. The number of ether oxygens (including phenoxy) is 2. The maximum atomic E-state index is 11.9. The van der Waals surface area contributed by atoms with E-state index >= 15 is 0 Å². The largest absolute Gasteiger partial charge is 0.491 e. The second-order valence-electron chi connectivity index (χ2n) is 6.13. The first kappa shape index (κ1) is 17.9. The molecule has 24 heavy (non-hydrogen) atoms. The standard InChI is InChI=1S/C20H25NO3/c1-14-5-8-18(9-6-14)23-12-17(4)21-20(22)13-24-19-10-7-15(2)16(3)11-19/h5-11,17H,12-13H2,1-4H3,(H,21,22)/t17-/m0/s1. The van der Waals surface area contributed by atoms with Crippen molar-refractivity contribution < 1.29 is 14.3 Å². The second-order valence-corrected chi connectivity index (χ2v) is 6.13. The van der Waals surface area contributed by atoms with Crippen molar-refractivity contribution in [2.75, 3.05) is 13.2 Å². The minimum Gasteiger partial charge on any atom is -0.491 e. The van der Waals surface area contributed by atoms with Crippen molar-refractivity contribution in [1.82, 2.24) is 5.32 Å². The predicted molar refractivity (Wildman–Crippen MR) is 95.7 cm³/mol. The molecule has 2 rings (SSSR count). The predicted octanol–water partition coefficient (Wildman–Crippen LogP) is 3.57. The van der Waals surface area contributed by atoms with Crippen LogP contribution < -0.4 is 14.8 Å². The third-order valence-electron chi connectivity index (χ3n) is 3.78. The van der Waals surface area contributed by atoms with Crippen molar-refractivity contribution in [2.45, 2.75) is 33.7 Å². The maximum Gasteiger partial charge on any atom is 0.258 e. The molecule has 0 heterocycles. The molecule has 4 heteroatoms. The van der Waals surface area contributed by atoms with Crippen LogP contribution in [-0.4, -0.2) is 25.2 Å². The molecule has 4 nitrogen and oxygen atoms in total. The number of benzene rings is 2. The van der Waals surface area contributed by atoms with Gasteiger partial charge < -0.3 is 14.8 Å². The van der Waals surface area contributed by atoms with Gasteiger partial charge in [-0.2, -0.15) is 0 Å². The quantitative estimate of drug-likeness (QED) is 0.845. The zero-order valence-corrected chi connectivity index (χ0v) is 14.8. The summed E-state index contributed by atoms with van der Waals surface area (Å²) in [5, 5.41) is 2.87. The summed E-state index contributed by atoms with van der Waals surface area (Å²) in [6.45, 7) is 8.41. The molecule has 0 bridgehead atoms. The highest BCUT2D eigenvalue weighted by Gasteiger charge is 2.09. The van der Waals surface area contributed by atoms with Gasteiger partial charge in [0.25, 0.3) is 5.91 Å². The number of aryl methyl sites for hydroxylation is 3. The van der Waals surface area contributed by atoms with Gasteiger partial charge in [0, 0.05) is 0 Å². The summed E-state index contributed by atoms with van der Waals surface area (Å²) in [5.41, 5.74) is 3.54. The number of nitrogens with one attached hydrogen (secondary N) is 1. The fourth-order valence-electron chi connectivity index (χ4n) is 2.17. The van der Waals surface area contributed by atoms with E-state index in [1.807, 2.05) is 70.2 Å². The van der Waals surface area contributed by atoms with Crippen LogP contribution in [0.1, 0.15) is 23.6 Å². The highest BCUT2D eigenvalue weighted by Crippen LogP contribution is 2.16. The summed E-state index contributed by atoms with van der Waals surface area (Å²) >= 11 is 0. The fourth-order valence-corrected chi connectivity index (χ4v) is 2.17. The minimum atomic E-state index is -0.159. The van der Waals surface area contributed by atoms with E-state index in [1.165, 1.54) is 11.1 Å². The Labute approximate surface area is 143 Å². The average molecular weight is 327 g/mol. The van der Waals surface area contributed by atoms with E-state index in [9.17, 15) is 4.79 Å². The Morgan fingerprint density at radius 3 is 2.29 bits per heavy atom. The lowest BCUT2D eigenvalue weighted by Crippen LogP contribution is -2.39. The first-order valence-corrected chi connectivity index (χ1v) is 8.13. The number of hydrogen-bond acceptors (Lipinski definition) is 3. The summed E-state index contributed by atoms with van der Waals surface area (Å²) in [6, 6.07) is 13.5. The van der Waals surface area contributed by atoms with Gasteiger partial charge in [0.15, 0.2) is 6.61 Å². The molecule has 0 aliphatic rings. The summed E-state index contributed by atoms with van der Waals surface area (Å²) in [4.78, 5) is 11.9.